The monoisotopic (exact) mass is 542 g/mol. The van der Waals surface area contributed by atoms with Crippen LogP contribution in [0.5, 0.6) is 5.75 Å². The predicted molar refractivity (Wildman–Crippen MR) is 144 cm³/mol. The molecule has 4 rings (SSSR count). The van der Waals surface area contributed by atoms with Crippen molar-refractivity contribution in [1.82, 2.24) is 5.32 Å². The van der Waals surface area contributed by atoms with Crippen LogP contribution in [0, 0.1) is 0 Å². The lowest BCUT2D eigenvalue weighted by Crippen LogP contribution is -2.33. The maximum atomic E-state index is 13.5. The van der Waals surface area contributed by atoms with Gasteiger partial charge in [0.25, 0.3) is 15.9 Å². The average Bonchev–Trinajstić information content (AvgIpc) is 3.43. The Morgan fingerprint density at radius 3 is 2.41 bits per heavy atom. The summed E-state index contributed by atoms with van der Waals surface area (Å²) in [7, 11) is -2.58. The van der Waals surface area contributed by atoms with Crippen molar-refractivity contribution in [2.45, 2.75) is 17.7 Å². The molecule has 3 aromatic carbocycles. The molecule has 0 atom stereocenters. The highest BCUT2D eigenvalue weighted by Gasteiger charge is 2.26. The minimum Gasteiger partial charge on any atom is -0.495 e. The van der Waals surface area contributed by atoms with Crippen LogP contribution >= 0.6 is 11.6 Å². The molecule has 194 valence electrons. The first-order valence-corrected chi connectivity index (χ1v) is 13.5. The third-order valence-corrected chi connectivity index (χ3v) is 7.49. The van der Waals surface area contributed by atoms with Crippen LogP contribution in [0.25, 0.3) is 0 Å². The van der Waals surface area contributed by atoms with Crippen molar-refractivity contribution in [1.29, 1.82) is 0 Å². The second-order valence-corrected chi connectivity index (χ2v) is 10.5. The first-order valence-electron chi connectivity index (χ1n) is 11.7. The Balaban J connectivity index is 1.53. The Morgan fingerprint density at radius 1 is 1.00 bits per heavy atom. The number of halogens is 1. The molecule has 37 heavy (non-hydrogen) atoms. The lowest BCUT2D eigenvalue weighted by molar-refractivity contribution is -0.115. The van der Waals surface area contributed by atoms with Crippen LogP contribution in [0.4, 0.5) is 17.1 Å². The van der Waals surface area contributed by atoms with Gasteiger partial charge in [0.05, 0.1) is 25.0 Å². The van der Waals surface area contributed by atoms with Crippen LogP contribution in [-0.4, -0.2) is 47.0 Å². The molecule has 11 heteroatoms. The standard InChI is InChI=1S/C26H27ClN4O5S/c1-36-23-7-3-2-6-21(23)30-37(34,35)24-16-20(12-13-22(24)31-14-4-5-15-31)29-25(32)17-28-26(33)18-8-10-19(27)11-9-18/h2-3,6-13,16,30H,4-5,14-15,17H2,1H3,(H,28,33)(H,29,32). The minimum absolute atomic E-state index is 0.0308. The van der Waals surface area contributed by atoms with Gasteiger partial charge in [0.1, 0.15) is 10.6 Å². The SMILES string of the molecule is COc1ccccc1NS(=O)(=O)c1cc(NC(=O)CNC(=O)c2ccc(Cl)cc2)ccc1N1CCCC1. The molecule has 0 aromatic heterocycles. The topological polar surface area (TPSA) is 117 Å². The quantitative estimate of drug-likeness (QED) is 0.374. The van der Waals surface area contributed by atoms with Gasteiger partial charge in [-0.25, -0.2) is 8.42 Å². The van der Waals surface area contributed by atoms with E-state index in [0.29, 0.717) is 27.7 Å². The van der Waals surface area contributed by atoms with Gasteiger partial charge in [-0.15, -0.1) is 0 Å². The normalized spacial score (nSPS) is 13.2. The number of sulfonamides is 1. The van der Waals surface area contributed by atoms with Crippen molar-refractivity contribution in [3.8, 4) is 5.75 Å². The summed E-state index contributed by atoms with van der Waals surface area (Å²) in [5.41, 5.74) is 1.50. The first kappa shape index (κ1) is 26.3. The molecule has 0 radical (unpaired) electrons. The molecule has 0 spiro atoms. The Kier molecular flexibility index (Phi) is 8.20. The van der Waals surface area contributed by atoms with E-state index >= 15 is 0 Å². The van der Waals surface area contributed by atoms with E-state index in [-0.39, 0.29) is 17.1 Å². The van der Waals surface area contributed by atoms with E-state index in [9.17, 15) is 18.0 Å². The summed E-state index contributed by atoms with van der Waals surface area (Å²) < 4.78 is 34.9. The molecule has 0 unspecified atom stereocenters. The van der Waals surface area contributed by atoms with E-state index in [2.05, 4.69) is 15.4 Å². The van der Waals surface area contributed by atoms with Gasteiger partial charge in [-0.2, -0.15) is 0 Å². The number of ether oxygens (including phenoxy) is 1. The molecule has 0 saturated carbocycles. The smallest absolute Gasteiger partial charge is 0.264 e. The fraction of sp³-hybridized carbons (Fsp3) is 0.231. The zero-order chi connectivity index (χ0) is 26.4. The summed E-state index contributed by atoms with van der Waals surface area (Å²) in [6.07, 6.45) is 1.93. The van der Waals surface area contributed by atoms with E-state index in [1.54, 1.807) is 60.7 Å². The number of benzene rings is 3. The molecule has 3 N–H and O–H groups in total. The maximum Gasteiger partial charge on any atom is 0.264 e. The summed E-state index contributed by atoms with van der Waals surface area (Å²) in [5, 5.41) is 5.70. The highest BCUT2D eigenvalue weighted by Crippen LogP contribution is 2.34. The van der Waals surface area contributed by atoms with Gasteiger partial charge in [0, 0.05) is 29.4 Å². The highest BCUT2D eigenvalue weighted by molar-refractivity contribution is 7.93. The van der Waals surface area contributed by atoms with Crippen LogP contribution < -0.4 is 25.0 Å². The lowest BCUT2D eigenvalue weighted by Gasteiger charge is -2.23. The molecule has 2 amide bonds. The summed E-state index contributed by atoms with van der Waals surface area (Å²) in [4.78, 5) is 26.9. The lowest BCUT2D eigenvalue weighted by atomic mass is 10.2. The molecule has 3 aromatic rings. The van der Waals surface area contributed by atoms with Crippen molar-refractivity contribution in [2.75, 3.05) is 41.7 Å². The van der Waals surface area contributed by atoms with Crippen LogP contribution in [0.3, 0.4) is 0 Å². The Morgan fingerprint density at radius 2 is 1.70 bits per heavy atom. The minimum atomic E-state index is -4.04. The fourth-order valence-corrected chi connectivity index (χ4v) is 5.47. The van der Waals surface area contributed by atoms with Gasteiger partial charge in [-0.05, 0) is 67.4 Å². The van der Waals surface area contributed by atoms with Crippen LogP contribution in [0.15, 0.2) is 71.6 Å². The zero-order valence-corrected chi connectivity index (χ0v) is 21.7. The Bertz CT molecular complexity index is 1390. The van der Waals surface area contributed by atoms with Crippen molar-refractivity contribution >= 4 is 50.5 Å². The third-order valence-electron chi connectivity index (χ3n) is 5.85. The zero-order valence-electron chi connectivity index (χ0n) is 20.2. The summed E-state index contributed by atoms with van der Waals surface area (Å²) in [6, 6.07) is 17.7. The van der Waals surface area contributed by atoms with E-state index in [0.717, 1.165) is 25.9 Å². The highest BCUT2D eigenvalue weighted by atomic mass is 35.5. The summed E-state index contributed by atoms with van der Waals surface area (Å²) in [5.74, 6) is -0.549. The van der Waals surface area contributed by atoms with Crippen molar-refractivity contribution in [2.24, 2.45) is 0 Å². The van der Waals surface area contributed by atoms with E-state index in [1.165, 1.54) is 13.2 Å². The number of anilines is 3. The number of rotatable bonds is 9. The molecule has 1 saturated heterocycles. The van der Waals surface area contributed by atoms with Crippen LogP contribution in [0.1, 0.15) is 23.2 Å². The van der Waals surface area contributed by atoms with Gasteiger partial charge in [0.2, 0.25) is 5.91 Å². The maximum absolute atomic E-state index is 13.5. The Hall–Kier alpha value is -3.76. The van der Waals surface area contributed by atoms with Crippen molar-refractivity contribution in [3.63, 3.8) is 0 Å². The van der Waals surface area contributed by atoms with Gasteiger partial charge < -0.3 is 20.3 Å². The number of amides is 2. The number of para-hydroxylation sites is 2. The molecule has 1 heterocycles. The number of nitrogens with zero attached hydrogens (tertiary/aromatic N) is 1. The number of hydrogen-bond acceptors (Lipinski definition) is 6. The van der Waals surface area contributed by atoms with Crippen LogP contribution in [-0.2, 0) is 14.8 Å². The second kappa shape index (κ2) is 11.5. The van der Waals surface area contributed by atoms with Gasteiger partial charge in [-0.1, -0.05) is 23.7 Å². The fourth-order valence-electron chi connectivity index (χ4n) is 4.02. The second-order valence-electron chi connectivity index (χ2n) is 8.42. The molecular weight excluding hydrogens is 516 g/mol. The third kappa shape index (κ3) is 6.52. The van der Waals surface area contributed by atoms with Gasteiger partial charge >= 0.3 is 0 Å². The van der Waals surface area contributed by atoms with E-state index < -0.39 is 21.8 Å². The number of carbonyl (C=O) groups is 2. The van der Waals surface area contributed by atoms with Crippen molar-refractivity contribution < 1.29 is 22.7 Å². The molecule has 1 aliphatic rings. The number of methoxy groups -OCH3 is 1. The summed E-state index contributed by atoms with van der Waals surface area (Å²) >= 11 is 5.84. The number of hydrogen-bond donors (Lipinski definition) is 3. The van der Waals surface area contributed by atoms with Gasteiger partial charge in [0.15, 0.2) is 0 Å². The predicted octanol–water partition coefficient (Wildman–Crippen LogP) is 4.12. The van der Waals surface area contributed by atoms with Crippen molar-refractivity contribution in [3.05, 3.63) is 77.3 Å². The molecule has 1 aliphatic heterocycles. The number of carbonyl (C=O) groups excluding carboxylic acids is 2. The first-order chi connectivity index (χ1) is 17.8. The van der Waals surface area contributed by atoms with Gasteiger partial charge in [-0.3, -0.25) is 14.3 Å². The largest absolute Gasteiger partial charge is 0.495 e. The van der Waals surface area contributed by atoms with E-state index in [4.69, 9.17) is 16.3 Å². The molecule has 0 bridgehead atoms. The molecule has 1 fully saturated rings. The van der Waals surface area contributed by atoms with E-state index in [1.807, 2.05) is 4.90 Å². The number of nitrogens with one attached hydrogen (secondary N) is 3. The molecular formula is C26H27ClN4O5S. The molecule has 9 nitrogen and oxygen atoms in total. The summed E-state index contributed by atoms with van der Waals surface area (Å²) in [6.45, 7) is 1.18. The molecule has 0 aliphatic carbocycles. The average molecular weight is 543 g/mol. The Labute approximate surface area is 220 Å². The van der Waals surface area contributed by atoms with Crippen LogP contribution in [0.2, 0.25) is 5.02 Å².